The summed E-state index contributed by atoms with van der Waals surface area (Å²) in [6.45, 7) is 4.05. The normalized spacial score (nSPS) is 10.5. The topological polar surface area (TPSA) is 113 Å². The van der Waals surface area contributed by atoms with Gasteiger partial charge in [0.2, 0.25) is 11.2 Å². The number of carbonyl (C=O) groups is 2. The molecule has 0 aliphatic heterocycles. The lowest BCUT2D eigenvalue weighted by atomic mass is 10.2. The second-order valence-corrected chi connectivity index (χ2v) is 7.70. The minimum atomic E-state index is -0.430. The molecule has 0 aliphatic rings. The highest BCUT2D eigenvalue weighted by atomic mass is 16.5. The maximum Gasteiger partial charge on any atom is 0.338 e. The fourth-order valence-corrected chi connectivity index (χ4v) is 3.43. The molecule has 1 aromatic heterocycles. The van der Waals surface area contributed by atoms with E-state index in [-0.39, 0.29) is 30.0 Å². The number of rotatable bonds is 10. The molecule has 0 atom stereocenters. The average molecular weight is 504 g/mol. The van der Waals surface area contributed by atoms with Crippen LogP contribution in [0.15, 0.2) is 82.2 Å². The van der Waals surface area contributed by atoms with Crippen molar-refractivity contribution in [2.75, 3.05) is 25.1 Å². The predicted octanol–water partition coefficient (Wildman–Crippen LogP) is 5.18. The molecule has 0 saturated carbocycles. The van der Waals surface area contributed by atoms with Crippen LogP contribution in [-0.2, 0) is 9.53 Å². The van der Waals surface area contributed by atoms with E-state index in [1.165, 1.54) is 12.3 Å². The van der Waals surface area contributed by atoms with Gasteiger partial charge in [0.15, 0.2) is 18.1 Å². The summed E-state index contributed by atoms with van der Waals surface area (Å²) in [5.41, 5.74) is 0.816. The van der Waals surface area contributed by atoms with E-state index in [0.29, 0.717) is 40.5 Å². The Bertz CT molecular complexity index is 1460. The summed E-state index contributed by atoms with van der Waals surface area (Å²) >= 11 is 0. The van der Waals surface area contributed by atoms with Gasteiger partial charge >= 0.3 is 5.97 Å². The van der Waals surface area contributed by atoms with E-state index in [9.17, 15) is 14.4 Å². The molecule has 190 valence electrons. The third kappa shape index (κ3) is 6.26. The molecule has 1 amide bonds. The molecular weight excluding hydrogens is 478 g/mol. The quantitative estimate of drug-likeness (QED) is 0.295. The summed E-state index contributed by atoms with van der Waals surface area (Å²) in [6.07, 6.45) is 1.23. The number of carbonyl (C=O) groups excluding carboxylic acids is 2. The van der Waals surface area contributed by atoms with E-state index in [1.54, 1.807) is 61.5 Å². The highest BCUT2D eigenvalue weighted by Crippen LogP contribution is 2.31. The Kier molecular flexibility index (Phi) is 8.05. The van der Waals surface area contributed by atoms with Gasteiger partial charge in [-0.15, -0.1) is 0 Å². The highest BCUT2D eigenvalue weighted by molar-refractivity contribution is 5.93. The maximum atomic E-state index is 12.9. The monoisotopic (exact) mass is 503 g/mol. The van der Waals surface area contributed by atoms with Gasteiger partial charge in [-0.2, -0.15) is 0 Å². The van der Waals surface area contributed by atoms with E-state index in [0.717, 1.165) is 0 Å². The number of ether oxygens (including phenoxy) is 4. The lowest BCUT2D eigenvalue weighted by molar-refractivity contribution is -0.118. The number of esters is 1. The molecule has 9 heteroatoms. The summed E-state index contributed by atoms with van der Waals surface area (Å²) in [6, 6.07) is 18.0. The molecule has 3 aromatic carbocycles. The molecule has 0 fully saturated rings. The number of amides is 1. The molecule has 0 aliphatic carbocycles. The van der Waals surface area contributed by atoms with Crippen LogP contribution in [0.3, 0.4) is 0 Å². The Morgan fingerprint density at radius 1 is 0.865 bits per heavy atom. The van der Waals surface area contributed by atoms with E-state index in [1.807, 2.05) is 13.0 Å². The molecule has 4 aromatic rings. The molecular formula is C28H25NO8. The van der Waals surface area contributed by atoms with Crippen molar-refractivity contribution < 1.29 is 33.0 Å². The zero-order chi connectivity index (χ0) is 26.2. The van der Waals surface area contributed by atoms with Crippen LogP contribution in [0.2, 0.25) is 0 Å². The molecule has 1 heterocycles. The first-order valence-corrected chi connectivity index (χ1v) is 11.6. The number of hydrogen-bond donors (Lipinski definition) is 1. The minimum absolute atomic E-state index is 0.0154. The van der Waals surface area contributed by atoms with Crippen LogP contribution in [0, 0.1) is 0 Å². The van der Waals surface area contributed by atoms with Crippen molar-refractivity contribution in [3.63, 3.8) is 0 Å². The third-order valence-electron chi connectivity index (χ3n) is 5.13. The highest BCUT2D eigenvalue weighted by Gasteiger charge is 2.13. The zero-order valence-corrected chi connectivity index (χ0v) is 20.3. The SMILES string of the molecule is CCOC(=O)c1ccc(NC(=O)COc2ccc3c(=O)c(Oc4ccccc4OCC)coc3c2)cc1. The second kappa shape index (κ2) is 11.8. The van der Waals surface area contributed by atoms with Crippen LogP contribution in [0.4, 0.5) is 5.69 Å². The van der Waals surface area contributed by atoms with Gasteiger partial charge in [-0.05, 0) is 62.4 Å². The standard InChI is InChI=1S/C28H25NO8/c1-3-33-22-7-5-6-8-23(22)37-25-16-36-24-15-20(13-14-21(24)27(25)31)35-17-26(30)29-19-11-9-18(10-12-19)28(32)34-4-2/h5-16H,3-4,17H2,1-2H3,(H,29,30). The Labute approximate surface area is 212 Å². The number of para-hydroxylation sites is 2. The first-order chi connectivity index (χ1) is 18.0. The predicted molar refractivity (Wildman–Crippen MR) is 137 cm³/mol. The summed E-state index contributed by atoms with van der Waals surface area (Å²) < 4.78 is 27.4. The Morgan fingerprint density at radius 3 is 2.35 bits per heavy atom. The summed E-state index contributed by atoms with van der Waals surface area (Å²) in [5, 5.41) is 2.98. The van der Waals surface area contributed by atoms with Crippen molar-refractivity contribution in [2.45, 2.75) is 13.8 Å². The van der Waals surface area contributed by atoms with Crippen molar-refractivity contribution in [3.8, 4) is 23.0 Å². The van der Waals surface area contributed by atoms with Gasteiger partial charge < -0.3 is 28.7 Å². The molecule has 0 saturated heterocycles. The molecule has 0 spiro atoms. The van der Waals surface area contributed by atoms with E-state index < -0.39 is 11.9 Å². The summed E-state index contributed by atoms with van der Waals surface area (Å²) in [4.78, 5) is 36.9. The van der Waals surface area contributed by atoms with Crippen LogP contribution < -0.4 is 25.0 Å². The first kappa shape index (κ1) is 25.3. The van der Waals surface area contributed by atoms with Crippen LogP contribution >= 0.6 is 0 Å². The summed E-state index contributed by atoms with van der Waals surface area (Å²) in [5.74, 6) is 0.447. The third-order valence-corrected chi connectivity index (χ3v) is 5.13. The van der Waals surface area contributed by atoms with Gasteiger partial charge in [0.25, 0.3) is 5.91 Å². The van der Waals surface area contributed by atoms with E-state index in [4.69, 9.17) is 23.4 Å². The maximum absolute atomic E-state index is 12.9. The molecule has 0 bridgehead atoms. The van der Waals surface area contributed by atoms with Gasteiger partial charge in [-0.1, -0.05) is 12.1 Å². The van der Waals surface area contributed by atoms with Crippen molar-refractivity contribution in [3.05, 3.63) is 88.8 Å². The van der Waals surface area contributed by atoms with Gasteiger partial charge in [0.1, 0.15) is 17.6 Å². The lowest BCUT2D eigenvalue weighted by Crippen LogP contribution is -2.20. The van der Waals surface area contributed by atoms with E-state index in [2.05, 4.69) is 5.32 Å². The Hall–Kier alpha value is -4.79. The van der Waals surface area contributed by atoms with Crippen LogP contribution in [-0.4, -0.2) is 31.7 Å². The molecule has 9 nitrogen and oxygen atoms in total. The van der Waals surface area contributed by atoms with Crippen molar-refractivity contribution in [2.24, 2.45) is 0 Å². The lowest BCUT2D eigenvalue weighted by Gasteiger charge is -2.11. The average Bonchev–Trinajstić information content (AvgIpc) is 2.91. The van der Waals surface area contributed by atoms with Gasteiger partial charge in [0, 0.05) is 11.8 Å². The Balaban J connectivity index is 1.39. The molecule has 0 radical (unpaired) electrons. The van der Waals surface area contributed by atoms with E-state index >= 15 is 0 Å². The van der Waals surface area contributed by atoms with Gasteiger partial charge in [-0.25, -0.2) is 4.79 Å². The van der Waals surface area contributed by atoms with Crippen molar-refractivity contribution in [1.82, 2.24) is 0 Å². The smallest absolute Gasteiger partial charge is 0.338 e. The molecule has 37 heavy (non-hydrogen) atoms. The summed E-state index contributed by atoms with van der Waals surface area (Å²) in [7, 11) is 0. The van der Waals surface area contributed by atoms with Crippen LogP contribution in [0.1, 0.15) is 24.2 Å². The minimum Gasteiger partial charge on any atom is -0.490 e. The number of fused-ring (bicyclic) bond motifs is 1. The van der Waals surface area contributed by atoms with Gasteiger partial charge in [-0.3, -0.25) is 9.59 Å². The first-order valence-electron chi connectivity index (χ1n) is 11.6. The second-order valence-electron chi connectivity index (χ2n) is 7.70. The van der Waals surface area contributed by atoms with Crippen LogP contribution in [0.25, 0.3) is 11.0 Å². The Morgan fingerprint density at radius 2 is 1.62 bits per heavy atom. The zero-order valence-electron chi connectivity index (χ0n) is 20.3. The number of anilines is 1. The van der Waals surface area contributed by atoms with Crippen LogP contribution in [0.5, 0.6) is 23.0 Å². The number of nitrogens with one attached hydrogen (secondary N) is 1. The van der Waals surface area contributed by atoms with Crippen molar-refractivity contribution in [1.29, 1.82) is 0 Å². The fraction of sp³-hybridized carbons (Fsp3) is 0.179. The molecule has 0 unspecified atom stereocenters. The number of benzene rings is 3. The van der Waals surface area contributed by atoms with Gasteiger partial charge in [0.05, 0.1) is 24.2 Å². The largest absolute Gasteiger partial charge is 0.490 e. The van der Waals surface area contributed by atoms with Crippen molar-refractivity contribution >= 4 is 28.5 Å². The molecule has 1 N–H and O–H groups in total. The molecule has 4 rings (SSSR count). The fourth-order valence-electron chi connectivity index (χ4n) is 3.43. The number of hydrogen-bond acceptors (Lipinski definition) is 8.